The van der Waals surface area contributed by atoms with Crippen molar-refractivity contribution in [1.29, 1.82) is 0 Å². The van der Waals surface area contributed by atoms with Gasteiger partial charge >= 0.3 is 0 Å². The number of hydrogen-bond acceptors (Lipinski definition) is 2. The molecular formula is C18H29NO2. The molecule has 3 nitrogen and oxygen atoms in total. The van der Waals surface area contributed by atoms with E-state index in [0.29, 0.717) is 6.61 Å². The number of amides is 1. The maximum atomic E-state index is 12.2. The Labute approximate surface area is 129 Å². The number of benzene rings is 1. The summed E-state index contributed by atoms with van der Waals surface area (Å²) in [5, 5.41) is 3.00. The average molecular weight is 291 g/mol. The second-order valence-corrected chi connectivity index (χ2v) is 5.32. The molecule has 0 spiro atoms. The van der Waals surface area contributed by atoms with Crippen LogP contribution in [0.3, 0.4) is 0 Å². The Kier molecular flexibility index (Phi) is 9.55. The molecule has 21 heavy (non-hydrogen) atoms. The topological polar surface area (TPSA) is 38.3 Å². The lowest BCUT2D eigenvalue weighted by Gasteiger charge is -2.17. The minimum absolute atomic E-state index is 0.0317. The minimum Gasteiger partial charge on any atom is -0.369 e. The van der Waals surface area contributed by atoms with E-state index in [1.807, 2.05) is 25.1 Å². The Balaban J connectivity index is 2.32. The van der Waals surface area contributed by atoms with Gasteiger partial charge in [0.05, 0.1) is 0 Å². The Morgan fingerprint density at radius 3 is 2.57 bits per heavy atom. The maximum Gasteiger partial charge on any atom is 0.249 e. The van der Waals surface area contributed by atoms with Gasteiger partial charge in [-0.2, -0.15) is 0 Å². The lowest BCUT2D eigenvalue weighted by molar-refractivity contribution is -0.132. The van der Waals surface area contributed by atoms with E-state index in [-0.39, 0.29) is 12.0 Å². The van der Waals surface area contributed by atoms with Crippen LogP contribution < -0.4 is 5.32 Å². The first-order valence-electron chi connectivity index (χ1n) is 8.21. The fourth-order valence-corrected chi connectivity index (χ4v) is 2.31. The smallest absolute Gasteiger partial charge is 0.249 e. The van der Waals surface area contributed by atoms with Crippen LogP contribution in [0.4, 0.5) is 0 Å². The number of carbonyl (C=O) groups is 1. The van der Waals surface area contributed by atoms with Gasteiger partial charge in [0.25, 0.3) is 0 Å². The van der Waals surface area contributed by atoms with Gasteiger partial charge in [0.1, 0.15) is 6.10 Å². The fraction of sp³-hybridized carbons (Fsp3) is 0.611. The van der Waals surface area contributed by atoms with Crippen molar-refractivity contribution in [3.05, 3.63) is 35.9 Å². The number of rotatable bonds is 11. The summed E-state index contributed by atoms with van der Waals surface area (Å²) < 4.78 is 5.59. The van der Waals surface area contributed by atoms with E-state index in [1.165, 1.54) is 24.8 Å². The van der Waals surface area contributed by atoms with Gasteiger partial charge in [0, 0.05) is 13.2 Å². The predicted molar refractivity (Wildman–Crippen MR) is 87.3 cm³/mol. The molecule has 1 aromatic rings. The minimum atomic E-state index is -0.332. The molecule has 0 radical (unpaired) electrons. The summed E-state index contributed by atoms with van der Waals surface area (Å²) in [4.78, 5) is 12.2. The van der Waals surface area contributed by atoms with Crippen molar-refractivity contribution >= 4 is 5.91 Å². The molecule has 1 rings (SSSR count). The van der Waals surface area contributed by atoms with Crippen LogP contribution in [0.5, 0.6) is 0 Å². The second kappa shape index (κ2) is 11.3. The molecule has 1 unspecified atom stereocenters. The van der Waals surface area contributed by atoms with Gasteiger partial charge in [-0.3, -0.25) is 4.79 Å². The van der Waals surface area contributed by atoms with Crippen LogP contribution in [0.25, 0.3) is 0 Å². The number of nitrogens with one attached hydrogen (secondary N) is 1. The van der Waals surface area contributed by atoms with Crippen LogP contribution in [-0.4, -0.2) is 25.2 Å². The van der Waals surface area contributed by atoms with Crippen molar-refractivity contribution < 1.29 is 9.53 Å². The van der Waals surface area contributed by atoms with Crippen LogP contribution in [0, 0.1) is 0 Å². The highest BCUT2D eigenvalue weighted by Crippen LogP contribution is 2.08. The van der Waals surface area contributed by atoms with Crippen molar-refractivity contribution in [1.82, 2.24) is 5.32 Å². The molecule has 0 fully saturated rings. The maximum absolute atomic E-state index is 12.2. The summed E-state index contributed by atoms with van der Waals surface area (Å²) in [5.41, 5.74) is 1.25. The predicted octanol–water partition coefficient (Wildman–Crippen LogP) is 3.72. The van der Waals surface area contributed by atoms with Crippen molar-refractivity contribution in [2.24, 2.45) is 0 Å². The summed E-state index contributed by atoms with van der Waals surface area (Å²) in [7, 11) is 0. The molecule has 1 aromatic carbocycles. The molecule has 0 aliphatic carbocycles. The third kappa shape index (κ3) is 7.86. The zero-order valence-corrected chi connectivity index (χ0v) is 13.4. The standard InChI is InChI=1S/C18H29NO2/c1-3-5-6-10-15-19-18(20)17(21-4-2)14-13-16-11-8-7-9-12-16/h7-9,11-12,17H,3-6,10,13-15H2,1-2H3,(H,19,20). The highest BCUT2D eigenvalue weighted by Gasteiger charge is 2.17. The molecule has 3 heteroatoms. The Morgan fingerprint density at radius 1 is 1.14 bits per heavy atom. The Hall–Kier alpha value is -1.35. The molecule has 0 aliphatic rings. The monoisotopic (exact) mass is 291 g/mol. The van der Waals surface area contributed by atoms with Crippen LogP contribution in [0.1, 0.15) is 51.5 Å². The van der Waals surface area contributed by atoms with Crippen molar-refractivity contribution in [3.63, 3.8) is 0 Å². The molecule has 118 valence electrons. The van der Waals surface area contributed by atoms with E-state index in [4.69, 9.17) is 4.74 Å². The normalized spacial score (nSPS) is 12.1. The summed E-state index contributed by atoms with van der Waals surface area (Å²) in [6.07, 6.45) is 5.96. The van der Waals surface area contributed by atoms with E-state index in [2.05, 4.69) is 24.4 Å². The van der Waals surface area contributed by atoms with Crippen molar-refractivity contribution in [3.8, 4) is 0 Å². The third-order valence-electron chi connectivity index (χ3n) is 3.53. The van der Waals surface area contributed by atoms with Crippen LogP contribution in [0.2, 0.25) is 0 Å². The number of hydrogen-bond donors (Lipinski definition) is 1. The van der Waals surface area contributed by atoms with Gasteiger partial charge < -0.3 is 10.1 Å². The first-order chi connectivity index (χ1) is 10.3. The largest absolute Gasteiger partial charge is 0.369 e. The molecular weight excluding hydrogens is 262 g/mol. The van der Waals surface area contributed by atoms with E-state index < -0.39 is 0 Å². The first-order valence-corrected chi connectivity index (χ1v) is 8.21. The molecule has 0 aromatic heterocycles. The second-order valence-electron chi connectivity index (χ2n) is 5.32. The molecule has 0 saturated carbocycles. The summed E-state index contributed by atoms with van der Waals surface area (Å²) in [6, 6.07) is 10.2. The SMILES string of the molecule is CCCCCCNC(=O)C(CCc1ccccc1)OCC. The molecule has 0 bridgehead atoms. The summed E-state index contributed by atoms with van der Waals surface area (Å²) in [6.45, 7) is 5.45. The number of aryl methyl sites for hydroxylation is 1. The molecule has 0 saturated heterocycles. The number of carbonyl (C=O) groups excluding carboxylic acids is 1. The number of unbranched alkanes of at least 4 members (excludes halogenated alkanes) is 3. The van der Waals surface area contributed by atoms with E-state index >= 15 is 0 Å². The fourth-order valence-electron chi connectivity index (χ4n) is 2.31. The number of ether oxygens (including phenoxy) is 1. The molecule has 0 aliphatic heterocycles. The van der Waals surface area contributed by atoms with Gasteiger partial charge in [-0.1, -0.05) is 56.5 Å². The van der Waals surface area contributed by atoms with Gasteiger partial charge in [0.15, 0.2) is 0 Å². The summed E-state index contributed by atoms with van der Waals surface area (Å²) in [5.74, 6) is 0.0317. The van der Waals surface area contributed by atoms with E-state index in [9.17, 15) is 4.79 Å². The van der Waals surface area contributed by atoms with Crippen molar-refractivity contribution in [2.45, 2.75) is 58.5 Å². The zero-order chi connectivity index (χ0) is 15.3. The highest BCUT2D eigenvalue weighted by molar-refractivity contribution is 5.80. The van der Waals surface area contributed by atoms with Gasteiger partial charge in [-0.05, 0) is 31.7 Å². The van der Waals surface area contributed by atoms with Gasteiger partial charge in [-0.15, -0.1) is 0 Å². The van der Waals surface area contributed by atoms with Crippen molar-refractivity contribution in [2.75, 3.05) is 13.2 Å². The molecule has 0 heterocycles. The molecule has 1 atom stereocenters. The average Bonchev–Trinajstić information content (AvgIpc) is 2.52. The van der Waals surface area contributed by atoms with E-state index in [1.54, 1.807) is 0 Å². The van der Waals surface area contributed by atoms with Gasteiger partial charge in [0.2, 0.25) is 5.91 Å². The van der Waals surface area contributed by atoms with Gasteiger partial charge in [-0.25, -0.2) is 0 Å². The third-order valence-corrected chi connectivity index (χ3v) is 3.53. The Morgan fingerprint density at radius 2 is 1.90 bits per heavy atom. The van der Waals surface area contributed by atoms with Crippen LogP contribution >= 0.6 is 0 Å². The van der Waals surface area contributed by atoms with E-state index in [0.717, 1.165) is 25.8 Å². The lowest BCUT2D eigenvalue weighted by atomic mass is 10.1. The molecule has 1 N–H and O–H groups in total. The molecule has 1 amide bonds. The Bertz CT molecular complexity index is 378. The quantitative estimate of drug-likeness (QED) is 0.631. The lowest BCUT2D eigenvalue weighted by Crippen LogP contribution is -2.37. The zero-order valence-electron chi connectivity index (χ0n) is 13.4. The first kappa shape index (κ1) is 17.7. The van der Waals surface area contributed by atoms with Crippen LogP contribution in [-0.2, 0) is 16.0 Å². The van der Waals surface area contributed by atoms with Crippen LogP contribution in [0.15, 0.2) is 30.3 Å². The summed E-state index contributed by atoms with van der Waals surface area (Å²) >= 11 is 0. The highest BCUT2D eigenvalue weighted by atomic mass is 16.5.